The normalized spacial score (nSPS) is 44.0. The third-order valence-electron chi connectivity index (χ3n) is 7.55. The van der Waals surface area contributed by atoms with Crippen LogP contribution in [0.5, 0.6) is 0 Å². The van der Waals surface area contributed by atoms with Crippen LogP contribution in [0.15, 0.2) is 11.6 Å². The molecule has 3 rings (SSSR count). The molecule has 0 aromatic carbocycles. The molecule has 3 aliphatic carbocycles. The topological polar surface area (TPSA) is 50.1 Å². The van der Waals surface area contributed by atoms with Crippen LogP contribution in [0.4, 0.5) is 0 Å². The Balaban J connectivity index is 1.90. The second kappa shape index (κ2) is 7.62. The van der Waals surface area contributed by atoms with Crippen LogP contribution in [0.3, 0.4) is 0 Å². The number of nitriles is 1. The molecule has 3 saturated carbocycles. The summed E-state index contributed by atoms with van der Waals surface area (Å²) in [7, 11) is 1.85. The molecule has 3 nitrogen and oxygen atoms in total. The summed E-state index contributed by atoms with van der Waals surface area (Å²) in [5.41, 5.74) is 1.47. The highest BCUT2D eigenvalue weighted by Gasteiger charge is 2.54. The average Bonchev–Trinajstić information content (AvgIpc) is 2.89. The van der Waals surface area contributed by atoms with Crippen LogP contribution in [0.2, 0.25) is 0 Å². The van der Waals surface area contributed by atoms with E-state index in [1.165, 1.54) is 18.4 Å². The summed E-state index contributed by atoms with van der Waals surface area (Å²) >= 11 is 0. The van der Waals surface area contributed by atoms with Crippen molar-refractivity contribution in [3.8, 4) is 6.07 Å². The van der Waals surface area contributed by atoms with Gasteiger partial charge in [-0.15, -0.1) is 0 Å². The Morgan fingerprint density at radius 1 is 1.20 bits per heavy atom. The number of hydrogen-bond donors (Lipinski definition) is 0. The Hall–Kier alpha value is -1.14. The number of fused-ring (bicyclic) bond motifs is 3. The lowest BCUT2D eigenvalue weighted by Crippen LogP contribution is -2.47. The highest BCUT2D eigenvalue weighted by molar-refractivity contribution is 5.78. The third kappa shape index (κ3) is 3.56. The summed E-state index contributed by atoms with van der Waals surface area (Å²) in [6.07, 6.45) is 11.4. The molecule has 138 valence electrons. The van der Waals surface area contributed by atoms with Crippen LogP contribution in [-0.2, 0) is 9.53 Å². The predicted molar refractivity (Wildman–Crippen MR) is 98.8 cm³/mol. The number of hydrogen-bond acceptors (Lipinski definition) is 3. The number of methoxy groups -OCH3 is 1. The maximum absolute atomic E-state index is 12.1. The first-order chi connectivity index (χ1) is 12.0. The third-order valence-corrected chi connectivity index (χ3v) is 7.55. The van der Waals surface area contributed by atoms with E-state index in [4.69, 9.17) is 4.74 Å². The van der Waals surface area contributed by atoms with Gasteiger partial charge in [-0.3, -0.25) is 4.79 Å². The second-order valence-corrected chi connectivity index (χ2v) is 8.98. The van der Waals surface area contributed by atoms with Crippen molar-refractivity contribution in [1.29, 1.82) is 5.26 Å². The molecular formula is C22H33NO2. The van der Waals surface area contributed by atoms with E-state index >= 15 is 0 Å². The Bertz CT molecular complexity index is 575. The van der Waals surface area contributed by atoms with Gasteiger partial charge in [-0.1, -0.05) is 25.8 Å². The van der Waals surface area contributed by atoms with Gasteiger partial charge in [-0.25, -0.2) is 0 Å². The number of Topliss-reactive ketones (excluding diaryl/α,β-unsaturated/α-hetero) is 1. The molecule has 3 heteroatoms. The second-order valence-electron chi connectivity index (χ2n) is 8.98. The lowest BCUT2D eigenvalue weighted by molar-refractivity contribution is -0.121. The first kappa shape index (κ1) is 18.6. The summed E-state index contributed by atoms with van der Waals surface area (Å²) < 4.78 is 5.99. The van der Waals surface area contributed by atoms with E-state index in [0.29, 0.717) is 29.5 Å². The van der Waals surface area contributed by atoms with Crippen molar-refractivity contribution >= 4 is 5.78 Å². The minimum atomic E-state index is 0.126. The number of rotatable bonds is 1. The van der Waals surface area contributed by atoms with E-state index < -0.39 is 0 Å². The van der Waals surface area contributed by atoms with E-state index in [2.05, 4.69) is 19.9 Å². The highest BCUT2D eigenvalue weighted by atomic mass is 16.5. The summed E-state index contributed by atoms with van der Waals surface area (Å²) in [6, 6.07) is 2.28. The van der Waals surface area contributed by atoms with Gasteiger partial charge >= 0.3 is 0 Å². The Kier molecular flexibility index (Phi) is 5.68. The molecule has 6 atom stereocenters. The molecule has 6 unspecified atom stereocenters. The first-order valence-corrected chi connectivity index (χ1v) is 10.1. The van der Waals surface area contributed by atoms with Crippen molar-refractivity contribution in [2.75, 3.05) is 7.11 Å². The number of ether oxygens (including phenoxy) is 1. The van der Waals surface area contributed by atoms with Gasteiger partial charge in [0.2, 0.25) is 0 Å². The van der Waals surface area contributed by atoms with Gasteiger partial charge in [0.15, 0.2) is 0 Å². The zero-order valence-electron chi connectivity index (χ0n) is 16.1. The number of carbonyl (C=O) groups excluding carboxylic acids is 1. The molecule has 0 heterocycles. The molecule has 3 aliphatic rings. The molecule has 25 heavy (non-hydrogen) atoms. The quantitative estimate of drug-likeness (QED) is 0.625. The fourth-order valence-electron chi connectivity index (χ4n) is 6.26. The van der Waals surface area contributed by atoms with Gasteiger partial charge in [-0.05, 0) is 67.6 Å². The van der Waals surface area contributed by atoms with E-state index in [-0.39, 0.29) is 11.5 Å². The fourth-order valence-corrected chi connectivity index (χ4v) is 6.26. The summed E-state index contributed by atoms with van der Waals surface area (Å²) in [6.45, 7) is 4.61. The smallest absolute Gasteiger partial charge is 0.133 e. The van der Waals surface area contributed by atoms with Crippen molar-refractivity contribution in [1.82, 2.24) is 0 Å². The van der Waals surface area contributed by atoms with Crippen LogP contribution < -0.4 is 0 Å². The highest BCUT2D eigenvalue weighted by Crippen LogP contribution is 2.61. The summed E-state index contributed by atoms with van der Waals surface area (Å²) in [4.78, 5) is 12.1. The van der Waals surface area contributed by atoms with Crippen LogP contribution in [-0.4, -0.2) is 19.0 Å². The molecule has 0 bridgehead atoms. The molecule has 0 N–H and O–H groups in total. The molecule has 3 fully saturated rings. The van der Waals surface area contributed by atoms with Crippen molar-refractivity contribution < 1.29 is 9.53 Å². The lowest BCUT2D eigenvalue weighted by atomic mass is 9.56. The Morgan fingerprint density at radius 2 is 2.00 bits per heavy atom. The van der Waals surface area contributed by atoms with Gasteiger partial charge in [0.25, 0.3) is 0 Å². The molecule has 0 amide bonds. The molecular weight excluding hydrogens is 310 g/mol. The zero-order chi connectivity index (χ0) is 18.0. The number of nitrogens with zero attached hydrogens (tertiary/aromatic N) is 1. The van der Waals surface area contributed by atoms with Crippen molar-refractivity contribution in [3.05, 3.63) is 11.6 Å². The fraction of sp³-hybridized carbons (Fsp3) is 0.818. The van der Waals surface area contributed by atoms with Crippen molar-refractivity contribution in [2.45, 2.75) is 77.7 Å². The average molecular weight is 344 g/mol. The van der Waals surface area contributed by atoms with Gasteiger partial charge in [0, 0.05) is 26.0 Å². The van der Waals surface area contributed by atoms with Crippen LogP contribution in [0, 0.1) is 40.4 Å². The van der Waals surface area contributed by atoms with Gasteiger partial charge in [-0.2, -0.15) is 5.26 Å². The summed E-state index contributed by atoms with van der Waals surface area (Å²) in [5, 5.41) is 9.21. The summed E-state index contributed by atoms with van der Waals surface area (Å²) in [5.74, 6) is 2.86. The largest absolute Gasteiger partial charge is 0.381 e. The maximum atomic E-state index is 12.1. The van der Waals surface area contributed by atoms with E-state index in [1.54, 1.807) is 0 Å². The Morgan fingerprint density at radius 3 is 2.72 bits per heavy atom. The van der Waals surface area contributed by atoms with Crippen LogP contribution >= 0.6 is 0 Å². The van der Waals surface area contributed by atoms with E-state index in [1.807, 2.05) is 13.2 Å². The van der Waals surface area contributed by atoms with Crippen molar-refractivity contribution in [3.63, 3.8) is 0 Å². The van der Waals surface area contributed by atoms with Gasteiger partial charge < -0.3 is 4.74 Å². The first-order valence-electron chi connectivity index (χ1n) is 10.1. The molecule has 0 spiro atoms. The number of ketones is 1. The maximum Gasteiger partial charge on any atom is 0.133 e. The number of allylic oxidation sites excluding steroid dienone is 2. The molecule has 0 aromatic heterocycles. The molecule has 0 aromatic rings. The monoisotopic (exact) mass is 343 g/mol. The van der Waals surface area contributed by atoms with Gasteiger partial charge in [0.1, 0.15) is 5.78 Å². The number of carbonyl (C=O) groups is 1. The standard InChI is InChI=1S/C22H33NO2/c1-15-7-9-18-19(6-4-5-17(24)13-15)21(25-3)14-22(2)16(11-12-23)8-10-20(18)22/h11,15,18-21H,4-10,13-14H2,1-3H3. The predicted octanol–water partition coefficient (Wildman–Crippen LogP) is 5.06. The SMILES string of the molecule is COC1CC2(C)C(=CC#N)CCC2C2CCC(C)CC(=O)CCCC12. The minimum Gasteiger partial charge on any atom is -0.381 e. The van der Waals surface area contributed by atoms with E-state index in [9.17, 15) is 10.1 Å². The van der Waals surface area contributed by atoms with E-state index in [0.717, 1.165) is 44.9 Å². The van der Waals surface area contributed by atoms with Crippen molar-refractivity contribution in [2.24, 2.45) is 29.1 Å². The lowest BCUT2D eigenvalue weighted by Gasteiger charge is -2.51. The Labute approximate surface area is 152 Å². The van der Waals surface area contributed by atoms with Gasteiger partial charge in [0.05, 0.1) is 12.2 Å². The molecule has 0 saturated heterocycles. The minimum absolute atomic E-state index is 0.126. The molecule has 0 aliphatic heterocycles. The zero-order valence-corrected chi connectivity index (χ0v) is 16.1. The van der Waals surface area contributed by atoms with Crippen LogP contribution in [0.1, 0.15) is 71.6 Å². The molecule has 0 radical (unpaired) electrons. The van der Waals surface area contributed by atoms with Crippen LogP contribution in [0.25, 0.3) is 0 Å².